The van der Waals surface area contributed by atoms with Gasteiger partial charge < -0.3 is 9.47 Å². The van der Waals surface area contributed by atoms with E-state index in [2.05, 4.69) is 9.13 Å². The summed E-state index contributed by atoms with van der Waals surface area (Å²) < 4.78 is 15.5. The van der Waals surface area contributed by atoms with Crippen LogP contribution >= 0.6 is 11.8 Å². The second-order valence-corrected chi connectivity index (χ2v) is 7.43. The van der Waals surface area contributed by atoms with E-state index < -0.39 is 0 Å². The van der Waals surface area contributed by atoms with Gasteiger partial charge in [-0.1, -0.05) is 24.3 Å². The Balaban J connectivity index is 2.33. The van der Waals surface area contributed by atoms with E-state index in [9.17, 15) is 4.79 Å². The molecular weight excluding hydrogens is 372 g/mol. The Hall–Kier alpha value is -2.73. The Morgan fingerprint density at radius 2 is 1.54 bits per heavy atom. The Bertz CT molecular complexity index is 940. The van der Waals surface area contributed by atoms with Crippen LogP contribution in [0.5, 0.6) is 11.5 Å². The molecule has 0 saturated carbocycles. The lowest BCUT2D eigenvalue weighted by Gasteiger charge is -2.10. The average molecular weight is 398 g/mol. The van der Waals surface area contributed by atoms with E-state index in [0.29, 0.717) is 5.75 Å². The zero-order valence-corrected chi connectivity index (χ0v) is 17.7. The van der Waals surface area contributed by atoms with Crippen LogP contribution in [-0.4, -0.2) is 30.3 Å². The molecule has 5 nitrogen and oxygen atoms in total. The molecule has 0 bridgehead atoms. The van der Waals surface area contributed by atoms with Gasteiger partial charge in [0.15, 0.2) is 11.4 Å². The molecule has 0 fully saturated rings. The van der Waals surface area contributed by atoms with Crippen molar-refractivity contribution in [3.63, 3.8) is 0 Å². The van der Waals surface area contributed by atoms with E-state index in [0.717, 1.165) is 39.2 Å². The number of hydrogen-bond donors (Lipinski definition) is 0. The molecule has 2 aromatic carbocycles. The molecule has 0 radical (unpaired) electrons. The van der Waals surface area contributed by atoms with Crippen molar-refractivity contribution in [1.82, 2.24) is 4.57 Å². The molecule has 3 aromatic rings. The fourth-order valence-corrected chi connectivity index (χ4v) is 4.29. The fraction of sp³-hybridized carbons (Fsp3) is 0.273. The van der Waals surface area contributed by atoms with E-state index >= 15 is 0 Å². The third-order valence-electron chi connectivity index (χ3n) is 4.60. The minimum absolute atomic E-state index is 0.142. The number of thioether (sulfide) groups is 1. The summed E-state index contributed by atoms with van der Waals surface area (Å²) in [5.41, 5.74) is 3.99. The van der Waals surface area contributed by atoms with Gasteiger partial charge in [0.25, 0.3) is 0 Å². The van der Waals surface area contributed by atoms with Gasteiger partial charge in [0.2, 0.25) is 0 Å². The first-order valence-electron chi connectivity index (χ1n) is 8.97. The predicted molar refractivity (Wildman–Crippen MR) is 112 cm³/mol. The largest absolute Gasteiger partial charge is 0.496 e. The molecule has 0 saturated heterocycles. The highest BCUT2D eigenvalue weighted by atomic mass is 32.2. The van der Waals surface area contributed by atoms with Crippen molar-refractivity contribution in [2.24, 2.45) is 14.1 Å². The summed E-state index contributed by atoms with van der Waals surface area (Å²) in [5.74, 6) is 2.15. The number of benzene rings is 2. The number of hydrogen-bond acceptors (Lipinski definition) is 4. The maximum Gasteiger partial charge on any atom is 0.319 e. The van der Waals surface area contributed by atoms with Gasteiger partial charge in [-0.3, -0.25) is 4.79 Å². The van der Waals surface area contributed by atoms with Crippen molar-refractivity contribution in [2.45, 2.75) is 12.1 Å². The van der Waals surface area contributed by atoms with Crippen LogP contribution in [0.15, 0.2) is 53.7 Å². The van der Waals surface area contributed by atoms with Gasteiger partial charge in [-0.15, -0.1) is 0 Å². The van der Waals surface area contributed by atoms with E-state index in [1.807, 2.05) is 62.6 Å². The highest BCUT2D eigenvalue weighted by molar-refractivity contribution is 7.99. The van der Waals surface area contributed by atoms with E-state index in [1.165, 1.54) is 11.8 Å². The molecule has 0 unspecified atom stereocenters. The summed E-state index contributed by atoms with van der Waals surface area (Å²) >= 11 is 1.53. The van der Waals surface area contributed by atoms with E-state index in [4.69, 9.17) is 9.47 Å². The van der Waals surface area contributed by atoms with E-state index in [-0.39, 0.29) is 5.78 Å². The Kier molecular flexibility index (Phi) is 6.09. The molecule has 0 aliphatic heterocycles. The normalized spacial score (nSPS) is 10.8. The molecule has 1 aromatic heterocycles. The SMILES string of the molecule is COc1ccccc1-c1c(-c2ccccc2OC)[n+](C)c(SCC(C)=O)n1C. The predicted octanol–water partition coefficient (Wildman–Crippen LogP) is 3.88. The molecule has 146 valence electrons. The zero-order chi connectivity index (χ0) is 20.3. The van der Waals surface area contributed by atoms with Crippen LogP contribution < -0.4 is 14.0 Å². The Morgan fingerprint density at radius 3 is 2.11 bits per heavy atom. The van der Waals surface area contributed by atoms with Crippen molar-refractivity contribution in [1.29, 1.82) is 0 Å². The number of ether oxygens (including phenoxy) is 2. The average Bonchev–Trinajstić information content (AvgIpc) is 2.95. The van der Waals surface area contributed by atoms with Crippen LogP contribution in [0.4, 0.5) is 0 Å². The van der Waals surface area contributed by atoms with Gasteiger partial charge >= 0.3 is 5.16 Å². The number of nitrogens with zero attached hydrogens (tertiary/aromatic N) is 2. The van der Waals surface area contributed by atoms with Gasteiger partial charge in [-0.2, -0.15) is 0 Å². The number of ketones is 1. The van der Waals surface area contributed by atoms with Crippen LogP contribution in [-0.2, 0) is 18.9 Å². The molecule has 28 heavy (non-hydrogen) atoms. The van der Waals surface area contributed by atoms with Crippen molar-refractivity contribution < 1.29 is 18.8 Å². The number of para-hydroxylation sites is 2. The highest BCUT2D eigenvalue weighted by Gasteiger charge is 2.32. The number of imidazole rings is 1. The van der Waals surface area contributed by atoms with E-state index in [1.54, 1.807) is 21.1 Å². The molecule has 0 N–H and O–H groups in total. The van der Waals surface area contributed by atoms with Crippen LogP contribution in [0.1, 0.15) is 6.92 Å². The quantitative estimate of drug-likeness (QED) is 0.448. The summed E-state index contributed by atoms with van der Waals surface area (Å²) in [7, 11) is 7.39. The van der Waals surface area contributed by atoms with Crippen LogP contribution in [0, 0.1) is 0 Å². The van der Waals surface area contributed by atoms with Crippen molar-refractivity contribution in [3.05, 3.63) is 48.5 Å². The van der Waals surface area contributed by atoms with Crippen LogP contribution in [0.3, 0.4) is 0 Å². The minimum Gasteiger partial charge on any atom is -0.496 e. The maximum absolute atomic E-state index is 11.6. The highest BCUT2D eigenvalue weighted by Crippen LogP contribution is 2.40. The molecular formula is C22H25N2O3S+. The number of aromatic nitrogens is 2. The molecule has 3 rings (SSSR count). The molecule has 0 amide bonds. The van der Waals surface area contributed by atoms with Crippen molar-refractivity contribution >= 4 is 17.5 Å². The minimum atomic E-state index is 0.142. The van der Waals surface area contributed by atoms with Gasteiger partial charge in [0.05, 0.1) is 45.2 Å². The van der Waals surface area contributed by atoms with Gasteiger partial charge in [-0.05, 0) is 43.0 Å². The monoisotopic (exact) mass is 397 g/mol. The lowest BCUT2D eigenvalue weighted by atomic mass is 10.0. The lowest BCUT2D eigenvalue weighted by Crippen LogP contribution is -2.32. The van der Waals surface area contributed by atoms with Crippen LogP contribution in [0.2, 0.25) is 0 Å². The number of Topliss-reactive ketones (excluding diaryl/α,β-unsaturated/α-hetero) is 1. The summed E-state index contributed by atoms with van der Waals surface area (Å²) in [6, 6.07) is 15.9. The first-order chi connectivity index (χ1) is 13.5. The molecule has 1 heterocycles. The summed E-state index contributed by atoms with van der Waals surface area (Å²) in [6.45, 7) is 1.61. The van der Waals surface area contributed by atoms with Gasteiger partial charge in [-0.25, -0.2) is 9.13 Å². The molecule has 0 aliphatic rings. The number of carbonyl (C=O) groups is 1. The number of methoxy groups -OCH3 is 2. The standard InChI is InChI=1S/C22H25N2O3S/c1-15(25)14-28-22-23(2)20(16-10-6-8-12-18(16)26-4)21(24(22)3)17-11-7-9-13-19(17)27-5/h6-13H,14H2,1-5H3/q+1. The Morgan fingerprint density at radius 1 is 1.00 bits per heavy atom. The van der Waals surface area contributed by atoms with Crippen molar-refractivity contribution in [2.75, 3.05) is 20.0 Å². The fourth-order valence-electron chi connectivity index (χ4n) is 3.39. The maximum atomic E-state index is 11.6. The van der Waals surface area contributed by atoms with Gasteiger partial charge in [0.1, 0.15) is 17.3 Å². The topological polar surface area (TPSA) is 44.3 Å². The molecule has 0 atom stereocenters. The third-order valence-corrected chi connectivity index (χ3v) is 5.95. The third kappa shape index (κ3) is 3.64. The van der Waals surface area contributed by atoms with Gasteiger partial charge in [0, 0.05) is 0 Å². The summed E-state index contributed by atoms with van der Waals surface area (Å²) in [5, 5.41) is 0.983. The Labute approximate surface area is 169 Å². The number of carbonyl (C=O) groups excluding carboxylic acids is 1. The molecule has 6 heteroatoms. The molecule has 0 aliphatic carbocycles. The second kappa shape index (κ2) is 8.52. The summed E-state index contributed by atoms with van der Waals surface area (Å²) in [4.78, 5) is 11.6. The van der Waals surface area contributed by atoms with Crippen LogP contribution in [0.25, 0.3) is 22.5 Å². The first kappa shape index (κ1) is 20.0. The lowest BCUT2D eigenvalue weighted by molar-refractivity contribution is -0.698. The smallest absolute Gasteiger partial charge is 0.319 e. The molecule has 0 spiro atoms. The summed E-state index contributed by atoms with van der Waals surface area (Å²) in [6.07, 6.45) is 0. The zero-order valence-electron chi connectivity index (χ0n) is 16.9. The first-order valence-corrected chi connectivity index (χ1v) is 9.95. The second-order valence-electron chi connectivity index (χ2n) is 6.49. The number of rotatable bonds is 7. The van der Waals surface area contributed by atoms with Crippen molar-refractivity contribution in [3.8, 4) is 34.0 Å².